The topological polar surface area (TPSA) is 202 Å². The molecular weight excluding hydrogens is 566 g/mol. The Morgan fingerprint density at radius 1 is 1.27 bits per heavy atom. The van der Waals surface area contributed by atoms with Gasteiger partial charge in [-0.3, -0.25) is 13.9 Å². The Hall–Kier alpha value is -3.40. The maximum atomic E-state index is 16.0. The van der Waals surface area contributed by atoms with Gasteiger partial charge in [0.15, 0.2) is 17.4 Å². The summed E-state index contributed by atoms with van der Waals surface area (Å²) in [7, 11) is -4.51. The molecular formula is C24H32FN6O9P. The number of benzene rings is 1. The Morgan fingerprint density at radius 2 is 1.98 bits per heavy atom. The van der Waals surface area contributed by atoms with Gasteiger partial charge in [0.2, 0.25) is 11.8 Å². The Labute approximate surface area is 234 Å². The number of aromatic nitrogens is 4. The van der Waals surface area contributed by atoms with E-state index in [1.165, 1.54) is 25.4 Å². The number of carbonyl (C=O) groups is 1. The number of esters is 1. The minimum absolute atomic E-state index is 0.0413. The third-order valence-electron chi connectivity index (χ3n) is 5.79. The van der Waals surface area contributed by atoms with Crippen molar-refractivity contribution in [2.45, 2.75) is 64.1 Å². The number of nitrogens with zero attached hydrogens (tertiary/aromatic N) is 4. The highest BCUT2D eigenvalue weighted by Crippen LogP contribution is 2.48. The highest BCUT2D eigenvalue weighted by atomic mass is 31.2. The first-order chi connectivity index (χ1) is 19.4. The third-order valence-corrected chi connectivity index (χ3v) is 7.42. The second-order valence-electron chi connectivity index (χ2n) is 9.39. The van der Waals surface area contributed by atoms with Crippen molar-refractivity contribution in [1.29, 1.82) is 0 Å². The molecule has 17 heteroatoms. The van der Waals surface area contributed by atoms with Gasteiger partial charge < -0.3 is 34.7 Å². The van der Waals surface area contributed by atoms with Crippen LogP contribution in [0.15, 0.2) is 36.7 Å². The van der Waals surface area contributed by atoms with Crippen molar-refractivity contribution in [3.05, 3.63) is 36.7 Å². The zero-order valence-electron chi connectivity index (χ0n) is 22.7. The number of nitrogens with two attached hydrogens (primary N) is 1. The number of para-hydroxylation sites is 1. The van der Waals surface area contributed by atoms with Crippen molar-refractivity contribution in [3.63, 3.8) is 0 Å². The summed E-state index contributed by atoms with van der Waals surface area (Å²) < 4.78 is 57.7. The number of imidazole rings is 1. The number of nitrogen functional groups attached to an aromatic ring is 1. The molecule has 4 rings (SSSR count). The van der Waals surface area contributed by atoms with Crippen molar-refractivity contribution in [2.24, 2.45) is 0 Å². The molecule has 224 valence electrons. The minimum Gasteiger partial charge on any atom is -0.476 e. The molecule has 0 spiro atoms. The van der Waals surface area contributed by atoms with Crippen LogP contribution < -0.4 is 20.1 Å². The quantitative estimate of drug-likeness (QED) is 0.174. The van der Waals surface area contributed by atoms with E-state index in [-0.39, 0.29) is 35.3 Å². The molecule has 0 aliphatic carbocycles. The second-order valence-corrected chi connectivity index (χ2v) is 11.1. The van der Waals surface area contributed by atoms with Crippen molar-refractivity contribution in [3.8, 4) is 11.6 Å². The predicted molar refractivity (Wildman–Crippen MR) is 141 cm³/mol. The first-order valence-corrected chi connectivity index (χ1v) is 14.2. The van der Waals surface area contributed by atoms with E-state index in [2.05, 4.69) is 20.0 Å². The summed E-state index contributed by atoms with van der Waals surface area (Å²) >= 11 is 0. The Bertz CT molecular complexity index is 1410. The summed E-state index contributed by atoms with van der Waals surface area (Å²) in [6, 6.07) is 6.62. The van der Waals surface area contributed by atoms with Gasteiger partial charge in [-0.1, -0.05) is 18.2 Å². The number of carbonyl (C=O) groups excluding carboxylic acids is 1. The van der Waals surface area contributed by atoms with Gasteiger partial charge in [-0.05, 0) is 39.8 Å². The monoisotopic (exact) mass is 598 g/mol. The van der Waals surface area contributed by atoms with Crippen LogP contribution in [-0.4, -0.2) is 79.1 Å². The maximum absolute atomic E-state index is 16.0. The molecule has 1 saturated heterocycles. The fourth-order valence-electron chi connectivity index (χ4n) is 3.93. The van der Waals surface area contributed by atoms with E-state index in [1.807, 2.05) is 0 Å². The van der Waals surface area contributed by atoms with Gasteiger partial charge in [0.1, 0.15) is 30.6 Å². The fraction of sp³-hybridized carbons (Fsp3) is 0.500. The van der Waals surface area contributed by atoms with Crippen LogP contribution in [0.1, 0.15) is 33.9 Å². The fourth-order valence-corrected chi connectivity index (χ4v) is 5.43. The van der Waals surface area contributed by atoms with Crippen LogP contribution in [0.4, 0.5) is 10.3 Å². The summed E-state index contributed by atoms with van der Waals surface area (Å²) in [5.74, 6) is -3.89. The molecule has 2 aromatic heterocycles. The molecule has 0 amide bonds. The number of hydrogen-bond donors (Lipinski definition) is 4. The Morgan fingerprint density at radius 3 is 2.63 bits per heavy atom. The highest BCUT2D eigenvalue weighted by Gasteiger charge is 2.57. The van der Waals surface area contributed by atoms with E-state index in [1.54, 1.807) is 39.0 Å². The molecule has 1 fully saturated rings. The van der Waals surface area contributed by atoms with Crippen LogP contribution in [0.5, 0.6) is 11.6 Å². The van der Waals surface area contributed by atoms with Crippen LogP contribution in [0.3, 0.4) is 0 Å². The van der Waals surface area contributed by atoms with E-state index >= 15 is 4.39 Å². The zero-order valence-corrected chi connectivity index (χ0v) is 23.6. The normalized spacial score (nSPS) is 24.7. The molecule has 0 saturated carbocycles. The van der Waals surface area contributed by atoms with Gasteiger partial charge in [-0.15, -0.1) is 0 Å². The molecule has 3 heterocycles. The number of nitrogens with one attached hydrogen (secondary N) is 1. The van der Waals surface area contributed by atoms with Gasteiger partial charge >= 0.3 is 13.7 Å². The number of halogens is 1. The largest absolute Gasteiger partial charge is 0.476 e. The second kappa shape index (κ2) is 12.2. The molecule has 15 nitrogen and oxygen atoms in total. The molecule has 5 N–H and O–H groups in total. The molecule has 1 unspecified atom stereocenters. The van der Waals surface area contributed by atoms with Crippen molar-refractivity contribution in [1.82, 2.24) is 24.6 Å². The average molecular weight is 599 g/mol. The lowest BCUT2D eigenvalue weighted by Crippen LogP contribution is -2.44. The van der Waals surface area contributed by atoms with E-state index in [0.29, 0.717) is 0 Å². The Kier molecular flexibility index (Phi) is 9.11. The molecule has 6 atom stereocenters. The molecule has 1 aliphatic heterocycles. The Balaban J connectivity index is 1.57. The molecule has 1 aromatic carbocycles. The lowest BCUT2D eigenvalue weighted by Gasteiger charge is -2.27. The number of fused-ring (bicyclic) bond motifs is 1. The average Bonchev–Trinajstić information content (AvgIpc) is 3.42. The standard InChI is InChI=1S/C24H32FN6O9P/c1-5-36-20-16-19(28-23(26)29-20)31(12-27-16)21-17(32)18(33)24(25,39-21)11-37-41(35,40-15-9-7-6-8-10-15)30-14(4)22(34)38-13(2)3/h6-10,12-14,17-18,21,32-33H,5,11H2,1-4H3,(H,30,35)(H2,26,28,29)/t14-,17+,18-,21?,24+,41+/m0/s1. The van der Waals surface area contributed by atoms with Gasteiger partial charge in [-0.2, -0.15) is 15.1 Å². The molecule has 3 aromatic rings. The van der Waals surface area contributed by atoms with Gasteiger partial charge in [0.25, 0.3) is 5.85 Å². The van der Waals surface area contributed by atoms with Crippen LogP contribution >= 0.6 is 7.75 Å². The summed E-state index contributed by atoms with van der Waals surface area (Å²) in [4.78, 5) is 24.5. The van der Waals surface area contributed by atoms with Gasteiger partial charge in [0, 0.05) is 0 Å². The van der Waals surface area contributed by atoms with E-state index in [0.717, 1.165) is 4.57 Å². The third kappa shape index (κ3) is 6.74. The number of aliphatic hydroxyl groups is 2. The molecule has 1 aliphatic rings. The zero-order chi connectivity index (χ0) is 29.9. The number of ether oxygens (including phenoxy) is 3. The molecule has 0 bridgehead atoms. The van der Waals surface area contributed by atoms with Crippen LogP contribution in [0, 0.1) is 0 Å². The van der Waals surface area contributed by atoms with Crippen LogP contribution in [0.25, 0.3) is 11.2 Å². The van der Waals surface area contributed by atoms with Crippen molar-refractivity contribution in [2.75, 3.05) is 18.9 Å². The maximum Gasteiger partial charge on any atom is 0.459 e. The SMILES string of the molecule is CCOc1nc(N)nc2c1ncn2C1O[C@](F)(CO[P@](=O)(N[C@@H](C)C(=O)OC(C)C)Oc2ccccc2)[C@@H](O)[C@H]1O. The van der Waals surface area contributed by atoms with Crippen LogP contribution in [0.2, 0.25) is 0 Å². The first kappa shape index (κ1) is 30.6. The predicted octanol–water partition coefficient (Wildman–Crippen LogP) is 1.86. The van der Waals surface area contributed by atoms with E-state index < -0.39 is 56.8 Å². The molecule has 41 heavy (non-hydrogen) atoms. The molecule has 0 radical (unpaired) electrons. The summed E-state index contributed by atoms with van der Waals surface area (Å²) in [6.07, 6.45) is -4.86. The summed E-state index contributed by atoms with van der Waals surface area (Å²) in [5.41, 5.74) is 5.97. The number of hydrogen-bond acceptors (Lipinski definition) is 13. The smallest absolute Gasteiger partial charge is 0.459 e. The number of aliphatic hydroxyl groups excluding tert-OH is 2. The summed E-state index contributed by atoms with van der Waals surface area (Å²) in [5, 5.41) is 23.8. The first-order valence-electron chi connectivity index (χ1n) is 12.7. The van der Waals surface area contributed by atoms with Crippen LogP contribution in [-0.2, 0) is 23.4 Å². The van der Waals surface area contributed by atoms with Crippen molar-refractivity contribution >= 4 is 30.8 Å². The number of anilines is 1. The van der Waals surface area contributed by atoms with Gasteiger partial charge in [0.05, 0.1) is 19.0 Å². The summed E-state index contributed by atoms with van der Waals surface area (Å²) in [6.45, 7) is 5.42. The highest BCUT2D eigenvalue weighted by molar-refractivity contribution is 7.52. The lowest BCUT2D eigenvalue weighted by molar-refractivity contribution is -0.202. The van der Waals surface area contributed by atoms with Crippen molar-refractivity contribution < 1.29 is 47.2 Å². The van der Waals surface area contributed by atoms with E-state index in [9.17, 15) is 19.6 Å². The van der Waals surface area contributed by atoms with E-state index in [4.69, 9.17) is 29.0 Å². The van der Waals surface area contributed by atoms with Gasteiger partial charge in [-0.25, -0.2) is 13.9 Å². The number of rotatable bonds is 12. The number of alkyl halides is 1. The minimum atomic E-state index is -4.51. The lowest BCUT2D eigenvalue weighted by atomic mass is 10.1.